The molecule has 0 saturated carbocycles. The van der Waals surface area contributed by atoms with Crippen molar-refractivity contribution in [1.82, 2.24) is 9.97 Å². The van der Waals surface area contributed by atoms with Gasteiger partial charge in [0, 0.05) is 18.1 Å². The Bertz CT molecular complexity index is 733. The Kier molecular flexibility index (Phi) is 4.39. The molecule has 7 nitrogen and oxygen atoms in total. The maximum absolute atomic E-state index is 11.0. The van der Waals surface area contributed by atoms with Gasteiger partial charge in [0.15, 0.2) is 0 Å². The number of anilines is 2. The Balaban J connectivity index is 2.16. The van der Waals surface area contributed by atoms with Crippen molar-refractivity contribution in [2.75, 3.05) is 10.0 Å². The second-order valence-corrected chi connectivity index (χ2v) is 5.92. The molecule has 0 radical (unpaired) electrons. The molecule has 112 valence electrons. The molecule has 2 aromatic rings. The summed E-state index contributed by atoms with van der Waals surface area (Å²) in [7, 11) is -3.78. The largest absolute Gasteiger partial charge is 0.377 e. The first kappa shape index (κ1) is 15.2. The zero-order valence-electron chi connectivity index (χ0n) is 11.7. The second kappa shape index (κ2) is 6.06. The van der Waals surface area contributed by atoms with Gasteiger partial charge in [0.1, 0.15) is 0 Å². The van der Waals surface area contributed by atoms with Gasteiger partial charge in [0.05, 0.1) is 23.1 Å². The molecule has 0 fully saturated rings. The van der Waals surface area contributed by atoms with Gasteiger partial charge in [-0.15, -0.1) is 0 Å². The van der Waals surface area contributed by atoms with Crippen molar-refractivity contribution in [1.29, 1.82) is 0 Å². The minimum Gasteiger partial charge on any atom is -0.377 e. The van der Waals surface area contributed by atoms with E-state index < -0.39 is 10.2 Å². The van der Waals surface area contributed by atoms with Crippen LogP contribution in [0.3, 0.4) is 0 Å². The Labute approximate surface area is 123 Å². The average molecular weight is 307 g/mol. The average Bonchev–Trinajstić information content (AvgIpc) is 2.37. The Hall–Kier alpha value is -2.19. The van der Waals surface area contributed by atoms with Crippen LogP contribution in [-0.2, 0) is 10.2 Å². The molecule has 2 rings (SSSR count). The van der Waals surface area contributed by atoms with Crippen molar-refractivity contribution in [3.63, 3.8) is 0 Å². The molecule has 0 amide bonds. The summed E-state index contributed by atoms with van der Waals surface area (Å²) in [6.07, 6.45) is 3.28. The number of nitrogens with two attached hydrogens (primary N) is 1. The molecule has 0 saturated heterocycles. The maximum atomic E-state index is 11.0. The molecule has 0 aliphatic heterocycles. The van der Waals surface area contributed by atoms with E-state index in [0.717, 1.165) is 17.1 Å². The molecule has 1 unspecified atom stereocenters. The van der Waals surface area contributed by atoms with Gasteiger partial charge in [0.25, 0.3) is 10.2 Å². The van der Waals surface area contributed by atoms with Crippen molar-refractivity contribution < 1.29 is 8.42 Å². The summed E-state index contributed by atoms with van der Waals surface area (Å²) in [5.41, 5.74) is 2.82. The third-order valence-electron chi connectivity index (χ3n) is 2.84. The monoisotopic (exact) mass is 307 g/mol. The van der Waals surface area contributed by atoms with Crippen LogP contribution in [0, 0.1) is 6.92 Å². The molecule has 0 aliphatic rings. The van der Waals surface area contributed by atoms with E-state index in [4.69, 9.17) is 5.14 Å². The van der Waals surface area contributed by atoms with E-state index in [9.17, 15) is 8.42 Å². The van der Waals surface area contributed by atoms with Crippen LogP contribution in [0.15, 0.2) is 36.7 Å². The first-order valence-electron chi connectivity index (χ1n) is 6.30. The van der Waals surface area contributed by atoms with Gasteiger partial charge < -0.3 is 5.32 Å². The van der Waals surface area contributed by atoms with E-state index >= 15 is 0 Å². The summed E-state index contributed by atoms with van der Waals surface area (Å²) in [5, 5.41) is 8.20. The van der Waals surface area contributed by atoms with Crippen LogP contribution in [0.4, 0.5) is 11.4 Å². The van der Waals surface area contributed by atoms with E-state index in [0.29, 0.717) is 5.69 Å². The van der Waals surface area contributed by atoms with Crippen LogP contribution in [0.25, 0.3) is 0 Å². The lowest BCUT2D eigenvalue weighted by Crippen LogP contribution is -2.21. The topological polar surface area (TPSA) is 110 Å². The molecule has 0 bridgehead atoms. The van der Waals surface area contributed by atoms with Crippen LogP contribution < -0.4 is 15.2 Å². The lowest BCUT2D eigenvalue weighted by Gasteiger charge is -2.16. The smallest absolute Gasteiger partial charge is 0.296 e. The molecule has 0 spiro atoms. The van der Waals surface area contributed by atoms with Crippen LogP contribution in [-0.4, -0.2) is 18.4 Å². The summed E-state index contributed by atoms with van der Waals surface area (Å²) >= 11 is 0. The summed E-state index contributed by atoms with van der Waals surface area (Å²) in [4.78, 5) is 8.50. The quantitative estimate of drug-likeness (QED) is 0.776. The van der Waals surface area contributed by atoms with Gasteiger partial charge in [-0.2, -0.15) is 8.42 Å². The molecule has 0 aliphatic carbocycles. The third kappa shape index (κ3) is 4.40. The number of rotatable bonds is 5. The van der Waals surface area contributed by atoms with E-state index in [1.807, 2.05) is 19.9 Å². The van der Waals surface area contributed by atoms with Crippen molar-refractivity contribution in [3.05, 3.63) is 48.0 Å². The number of nitrogens with one attached hydrogen (secondary N) is 2. The first-order chi connectivity index (χ1) is 9.85. The molecule has 4 N–H and O–H groups in total. The standard InChI is InChI=1S/C13H17N5O2S/c1-9-13(16-7-6-15-9)10(2)17-11-4-3-5-12(8-11)18-21(14,19)20/h3-8,10,17-18H,1-2H3,(H2,14,19,20). The summed E-state index contributed by atoms with van der Waals surface area (Å²) < 4.78 is 24.3. The summed E-state index contributed by atoms with van der Waals surface area (Å²) in [5.74, 6) is 0. The highest BCUT2D eigenvalue weighted by Gasteiger charge is 2.11. The zero-order valence-corrected chi connectivity index (χ0v) is 12.6. The lowest BCUT2D eigenvalue weighted by molar-refractivity contribution is 0.603. The Morgan fingerprint density at radius 2 is 1.86 bits per heavy atom. The van der Waals surface area contributed by atoms with Gasteiger partial charge in [-0.3, -0.25) is 14.7 Å². The second-order valence-electron chi connectivity index (χ2n) is 4.62. The number of aromatic nitrogens is 2. The predicted molar refractivity (Wildman–Crippen MR) is 82.0 cm³/mol. The SMILES string of the molecule is Cc1nccnc1C(C)Nc1cccc(NS(N)(=O)=O)c1. The number of aryl methyl sites for hydroxylation is 1. The fraction of sp³-hybridized carbons (Fsp3) is 0.231. The van der Waals surface area contributed by atoms with E-state index in [-0.39, 0.29) is 6.04 Å². The molecular formula is C13H17N5O2S. The number of nitrogens with zero attached hydrogens (tertiary/aromatic N) is 2. The van der Waals surface area contributed by atoms with Crippen molar-refractivity contribution in [2.24, 2.45) is 5.14 Å². The van der Waals surface area contributed by atoms with Crippen LogP contribution in [0.5, 0.6) is 0 Å². The highest BCUT2D eigenvalue weighted by molar-refractivity contribution is 7.90. The van der Waals surface area contributed by atoms with Crippen molar-refractivity contribution >= 4 is 21.6 Å². The Morgan fingerprint density at radius 3 is 2.52 bits per heavy atom. The number of hydrogen-bond donors (Lipinski definition) is 3. The molecule has 1 atom stereocenters. The molecule has 1 aromatic carbocycles. The van der Waals surface area contributed by atoms with Gasteiger partial charge >= 0.3 is 0 Å². The minimum atomic E-state index is -3.78. The maximum Gasteiger partial charge on any atom is 0.296 e. The summed E-state index contributed by atoms with van der Waals surface area (Å²) in [6.45, 7) is 3.84. The van der Waals surface area contributed by atoms with Crippen LogP contribution >= 0.6 is 0 Å². The fourth-order valence-corrected chi connectivity index (χ4v) is 2.45. The van der Waals surface area contributed by atoms with Crippen LogP contribution in [0.2, 0.25) is 0 Å². The van der Waals surface area contributed by atoms with E-state index in [1.54, 1.807) is 30.6 Å². The first-order valence-corrected chi connectivity index (χ1v) is 7.84. The molecule has 1 heterocycles. The molecule has 1 aromatic heterocycles. The normalized spacial score (nSPS) is 12.7. The van der Waals surface area contributed by atoms with Crippen molar-refractivity contribution in [2.45, 2.75) is 19.9 Å². The highest BCUT2D eigenvalue weighted by Crippen LogP contribution is 2.21. The van der Waals surface area contributed by atoms with Crippen LogP contribution in [0.1, 0.15) is 24.4 Å². The molecule has 21 heavy (non-hydrogen) atoms. The van der Waals surface area contributed by atoms with E-state index in [1.165, 1.54) is 0 Å². The predicted octanol–water partition coefficient (Wildman–Crippen LogP) is 1.57. The zero-order chi connectivity index (χ0) is 15.5. The molecule has 8 heteroatoms. The van der Waals surface area contributed by atoms with E-state index in [2.05, 4.69) is 20.0 Å². The third-order valence-corrected chi connectivity index (χ3v) is 3.36. The number of benzene rings is 1. The fourth-order valence-electron chi connectivity index (χ4n) is 2.00. The lowest BCUT2D eigenvalue weighted by atomic mass is 10.1. The minimum absolute atomic E-state index is 0.0663. The summed E-state index contributed by atoms with van der Waals surface area (Å²) in [6, 6.07) is 6.77. The van der Waals surface area contributed by atoms with Gasteiger partial charge in [0.2, 0.25) is 0 Å². The van der Waals surface area contributed by atoms with Gasteiger partial charge in [-0.25, -0.2) is 5.14 Å². The van der Waals surface area contributed by atoms with Crippen molar-refractivity contribution in [3.8, 4) is 0 Å². The number of hydrogen-bond acceptors (Lipinski definition) is 5. The van der Waals surface area contributed by atoms with Gasteiger partial charge in [-0.1, -0.05) is 6.07 Å². The molecular weight excluding hydrogens is 290 g/mol. The highest BCUT2D eigenvalue weighted by atomic mass is 32.2. The Morgan fingerprint density at radius 1 is 1.19 bits per heavy atom. The van der Waals surface area contributed by atoms with Gasteiger partial charge in [-0.05, 0) is 32.0 Å².